The summed E-state index contributed by atoms with van der Waals surface area (Å²) >= 11 is 0. The summed E-state index contributed by atoms with van der Waals surface area (Å²) in [4.78, 5) is 38.3. The summed E-state index contributed by atoms with van der Waals surface area (Å²) in [5.41, 5.74) is 0. The first kappa shape index (κ1) is 22.5. The van der Waals surface area contributed by atoms with Crippen molar-refractivity contribution >= 4 is 28.2 Å². The minimum Gasteiger partial charge on any atom is -0.574 e. The molecule has 0 aromatic rings. The van der Waals surface area contributed by atoms with Crippen LogP contribution >= 0.6 is 0 Å². The SMILES string of the molecule is [NH-]N(C(=O)C1CCOCC1)C(=O)[C@@H]1CC[C@@H]2CN1C(=O)N2OS(=O)(=O)O.[Na+]. The van der Waals surface area contributed by atoms with E-state index >= 15 is 0 Å². The second-order valence-electron chi connectivity index (χ2n) is 6.41. The van der Waals surface area contributed by atoms with Crippen molar-refractivity contribution in [1.82, 2.24) is 15.0 Å². The Labute approximate surface area is 178 Å². The molecule has 3 aliphatic heterocycles. The third kappa shape index (κ3) is 4.79. The number of piperidine rings is 1. The Bertz CT molecular complexity index is 713. The first-order valence-electron chi connectivity index (χ1n) is 8.12. The van der Waals surface area contributed by atoms with Crippen molar-refractivity contribution in [3.8, 4) is 0 Å². The Kier molecular flexibility index (Phi) is 7.24. The van der Waals surface area contributed by atoms with Gasteiger partial charge in [-0.05, 0) is 25.7 Å². The van der Waals surface area contributed by atoms with Crippen LogP contribution in [0.4, 0.5) is 4.79 Å². The molecule has 14 heteroatoms. The maximum Gasteiger partial charge on any atom is 1.00 e. The quantitative estimate of drug-likeness (QED) is 0.217. The number of rotatable bonds is 4. The van der Waals surface area contributed by atoms with Gasteiger partial charge in [-0.25, -0.2) is 4.79 Å². The van der Waals surface area contributed by atoms with Gasteiger partial charge in [0.1, 0.15) is 6.04 Å². The summed E-state index contributed by atoms with van der Waals surface area (Å²) in [6.07, 6.45) is 1.23. The third-order valence-corrected chi connectivity index (χ3v) is 5.14. The van der Waals surface area contributed by atoms with Crippen LogP contribution in [0.15, 0.2) is 0 Å². The van der Waals surface area contributed by atoms with Crippen LogP contribution in [-0.2, 0) is 29.0 Å². The topological polar surface area (TPSA) is 158 Å². The third-order valence-electron chi connectivity index (χ3n) is 4.79. The normalized spacial score (nSPS) is 25.9. The molecule has 2 bridgehead atoms. The van der Waals surface area contributed by atoms with E-state index in [1.54, 1.807) is 0 Å². The van der Waals surface area contributed by atoms with Crippen molar-refractivity contribution in [3.05, 3.63) is 5.84 Å². The molecule has 2 atom stereocenters. The molecule has 146 valence electrons. The average Bonchev–Trinajstić information content (AvgIpc) is 2.84. The zero-order valence-corrected chi connectivity index (χ0v) is 17.6. The Morgan fingerprint density at radius 2 is 1.81 bits per heavy atom. The van der Waals surface area contributed by atoms with Gasteiger partial charge < -0.3 is 20.5 Å². The first-order valence-corrected chi connectivity index (χ1v) is 9.49. The molecular formula is C13H19N4NaO8S. The molecule has 3 aliphatic rings. The van der Waals surface area contributed by atoms with E-state index in [-0.39, 0.29) is 48.9 Å². The smallest absolute Gasteiger partial charge is 0.574 e. The first-order chi connectivity index (χ1) is 12.2. The number of hydrogen-bond donors (Lipinski definition) is 1. The second kappa shape index (κ2) is 8.69. The molecule has 0 aromatic heterocycles. The van der Waals surface area contributed by atoms with Gasteiger partial charge >= 0.3 is 46.0 Å². The number of amides is 4. The molecule has 4 amide bonds. The number of imide groups is 1. The molecule has 0 aliphatic carbocycles. The van der Waals surface area contributed by atoms with E-state index in [9.17, 15) is 22.8 Å². The predicted octanol–water partition coefficient (Wildman–Crippen LogP) is -3.26. The molecule has 0 spiro atoms. The number of nitrogens with zero attached hydrogens (tertiary/aromatic N) is 3. The van der Waals surface area contributed by atoms with Gasteiger partial charge in [-0.2, -0.15) is 13.5 Å². The van der Waals surface area contributed by atoms with Crippen molar-refractivity contribution in [3.63, 3.8) is 0 Å². The molecule has 0 unspecified atom stereocenters. The number of hydrogen-bond acceptors (Lipinski definition) is 7. The molecule has 12 nitrogen and oxygen atoms in total. The van der Waals surface area contributed by atoms with Crippen LogP contribution in [0.1, 0.15) is 25.7 Å². The summed E-state index contributed by atoms with van der Waals surface area (Å²) in [5.74, 6) is 5.91. The number of ether oxygens (including phenoxy) is 1. The van der Waals surface area contributed by atoms with E-state index < -0.39 is 46.2 Å². The summed E-state index contributed by atoms with van der Waals surface area (Å²) in [5, 5.41) is 0.803. The zero-order valence-electron chi connectivity index (χ0n) is 14.7. The Morgan fingerprint density at radius 1 is 1.19 bits per heavy atom. The van der Waals surface area contributed by atoms with E-state index in [0.29, 0.717) is 36.1 Å². The van der Waals surface area contributed by atoms with Crippen LogP contribution in [0.2, 0.25) is 0 Å². The molecule has 3 saturated heterocycles. The van der Waals surface area contributed by atoms with Gasteiger partial charge in [0.2, 0.25) is 11.8 Å². The number of fused-ring (bicyclic) bond motifs is 2. The Balaban J connectivity index is 0.00000261. The molecule has 0 radical (unpaired) electrons. The molecule has 27 heavy (non-hydrogen) atoms. The number of hydroxylamine groups is 2. The van der Waals surface area contributed by atoms with Gasteiger partial charge in [-0.1, -0.05) is 0 Å². The summed E-state index contributed by atoms with van der Waals surface area (Å²) in [7, 11) is -4.88. The maximum absolute atomic E-state index is 12.6. The molecule has 0 aromatic carbocycles. The van der Waals surface area contributed by atoms with Gasteiger partial charge in [-0.3, -0.25) is 14.1 Å². The molecular weight excluding hydrogens is 395 g/mol. The fourth-order valence-corrected chi connectivity index (χ4v) is 3.86. The van der Waals surface area contributed by atoms with E-state index in [4.69, 9.17) is 15.1 Å². The number of carbonyl (C=O) groups is 3. The Hall–Kier alpha value is -0.800. The van der Waals surface area contributed by atoms with Gasteiger partial charge in [0.25, 0.3) is 0 Å². The number of nitrogens with one attached hydrogen (secondary N) is 1. The molecule has 3 rings (SSSR count). The molecule has 3 fully saturated rings. The maximum atomic E-state index is 12.6. The van der Waals surface area contributed by atoms with Crippen LogP contribution in [0.25, 0.3) is 5.84 Å². The van der Waals surface area contributed by atoms with Crippen LogP contribution in [0.5, 0.6) is 0 Å². The van der Waals surface area contributed by atoms with Gasteiger partial charge in [0.15, 0.2) is 0 Å². The zero-order chi connectivity index (χ0) is 19.1. The summed E-state index contributed by atoms with van der Waals surface area (Å²) in [6, 6.07) is -2.61. The van der Waals surface area contributed by atoms with Crippen LogP contribution < -0.4 is 29.6 Å². The van der Waals surface area contributed by atoms with Crippen molar-refractivity contribution in [2.75, 3.05) is 19.8 Å². The predicted molar refractivity (Wildman–Crippen MR) is 83.1 cm³/mol. The largest absolute Gasteiger partial charge is 1.00 e. The van der Waals surface area contributed by atoms with Gasteiger partial charge in [-0.15, -0.1) is 4.28 Å². The fourth-order valence-electron chi connectivity index (χ4n) is 3.47. The molecule has 3 heterocycles. The van der Waals surface area contributed by atoms with E-state index in [1.807, 2.05) is 0 Å². The summed E-state index contributed by atoms with van der Waals surface area (Å²) in [6.45, 7) is 0.774. The van der Waals surface area contributed by atoms with Crippen LogP contribution in [0.3, 0.4) is 0 Å². The van der Waals surface area contributed by atoms with Crippen LogP contribution in [0, 0.1) is 5.92 Å². The van der Waals surface area contributed by atoms with Gasteiger partial charge in [0, 0.05) is 25.7 Å². The minimum atomic E-state index is -4.88. The van der Waals surface area contributed by atoms with E-state index in [0.717, 1.165) is 4.90 Å². The van der Waals surface area contributed by atoms with Gasteiger partial charge in [0.05, 0.1) is 6.04 Å². The minimum absolute atomic E-state index is 0. The van der Waals surface area contributed by atoms with E-state index in [2.05, 4.69) is 4.28 Å². The second-order valence-corrected chi connectivity index (χ2v) is 7.41. The van der Waals surface area contributed by atoms with Crippen molar-refractivity contribution in [2.45, 2.75) is 37.8 Å². The van der Waals surface area contributed by atoms with Crippen molar-refractivity contribution < 1.29 is 65.9 Å². The van der Waals surface area contributed by atoms with Crippen molar-refractivity contribution in [2.24, 2.45) is 5.92 Å². The van der Waals surface area contributed by atoms with Crippen molar-refractivity contribution in [1.29, 1.82) is 0 Å². The number of carbonyl (C=O) groups excluding carboxylic acids is 3. The summed E-state index contributed by atoms with van der Waals surface area (Å²) < 4.78 is 39.9. The standard InChI is InChI=1S/C13H19N4O8S.Na/c14-16(11(18)8-3-5-24-6-4-8)12(19)10-2-1-9-7-15(10)13(20)17(9)25-26(21,22)23;/h8-10,14H,1-7H2,(H,21,22,23);/q-1;+1/t9-,10+;/m1./s1. The van der Waals surface area contributed by atoms with E-state index in [1.165, 1.54) is 0 Å². The number of urea groups is 1. The fraction of sp³-hybridized carbons (Fsp3) is 0.769. The van der Waals surface area contributed by atoms with Crippen LogP contribution in [-0.4, -0.2) is 77.6 Å². The Morgan fingerprint density at radius 3 is 2.41 bits per heavy atom. The molecule has 2 N–H and O–H groups in total. The molecule has 0 saturated carbocycles. The average molecular weight is 414 g/mol. The monoisotopic (exact) mass is 414 g/mol.